The van der Waals surface area contributed by atoms with Crippen molar-refractivity contribution in [3.8, 4) is 5.75 Å². The maximum absolute atomic E-state index is 13.6. The third-order valence-electron chi connectivity index (χ3n) is 4.40. The van der Waals surface area contributed by atoms with Crippen LogP contribution in [0.4, 0.5) is 0 Å². The molecule has 0 saturated heterocycles. The summed E-state index contributed by atoms with van der Waals surface area (Å²) >= 11 is 0. The third kappa shape index (κ3) is 3.09. The SMILES string of the molecule is CCOP(=O)(OCC)C1c2c(ccc3ccccc23)OC(=O)C1C(C)=O. The van der Waals surface area contributed by atoms with E-state index in [0.717, 1.165) is 10.8 Å². The number of Topliss-reactive ketones (excluding diaryl/α,β-unsaturated/α-hetero) is 1. The summed E-state index contributed by atoms with van der Waals surface area (Å²) in [6.07, 6.45) is 0. The van der Waals surface area contributed by atoms with Crippen LogP contribution in [0.25, 0.3) is 10.8 Å². The highest BCUT2D eigenvalue weighted by atomic mass is 31.2. The number of fused-ring (bicyclic) bond motifs is 3. The molecule has 0 spiro atoms. The molecule has 2 aromatic rings. The van der Waals surface area contributed by atoms with Crippen LogP contribution in [0, 0.1) is 5.92 Å². The number of ketones is 1. The minimum absolute atomic E-state index is 0.132. The standard InChI is InChI=1S/C19H21O6P/c1-4-23-26(22,24-5-2)18-16(12(3)20)19(21)25-15-11-10-13-8-6-7-9-14(13)17(15)18/h6-11,16,18H,4-5H2,1-3H3. The van der Waals surface area contributed by atoms with Gasteiger partial charge in [-0.05, 0) is 37.6 Å². The van der Waals surface area contributed by atoms with Gasteiger partial charge in [-0.2, -0.15) is 0 Å². The minimum Gasteiger partial charge on any atom is -0.426 e. The van der Waals surface area contributed by atoms with E-state index in [-0.39, 0.29) is 19.0 Å². The van der Waals surface area contributed by atoms with Gasteiger partial charge in [-0.25, -0.2) is 0 Å². The van der Waals surface area contributed by atoms with Crippen LogP contribution in [0.1, 0.15) is 32.0 Å². The van der Waals surface area contributed by atoms with Crippen LogP contribution in [0.3, 0.4) is 0 Å². The van der Waals surface area contributed by atoms with Crippen LogP contribution in [0.2, 0.25) is 0 Å². The molecule has 26 heavy (non-hydrogen) atoms. The van der Waals surface area contributed by atoms with Crippen molar-refractivity contribution in [2.45, 2.75) is 26.4 Å². The van der Waals surface area contributed by atoms with Crippen molar-refractivity contribution >= 4 is 30.1 Å². The van der Waals surface area contributed by atoms with E-state index in [1.165, 1.54) is 6.92 Å². The highest BCUT2D eigenvalue weighted by Crippen LogP contribution is 2.67. The van der Waals surface area contributed by atoms with Crippen LogP contribution >= 0.6 is 7.60 Å². The first kappa shape index (κ1) is 18.8. The second kappa shape index (κ2) is 7.31. The van der Waals surface area contributed by atoms with Gasteiger partial charge in [0.25, 0.3) is 0 Å². The first-order chi connectivity index (χ1) is 12.4. The van der Waals surface area contributed by atoms with Gasteiger partial charge in [0.1, 0.15) is 23.1 Å². The van der Waals surface area contributed by atoms with Gasteiger partial charge >= 0.3 is 13.6 Å². The predicted octanol–water partition coefficient (Wildman–Crippen LogP) is 4.27. The van der Waals surface area contributed by atoms with E-state index in [0.29, 0.717) is 5.56 Å². The molecule has 0 aliphatic carbocycles. The Morgan fingerprint density at radius 3 is 2.38 bits per heavy atom. The maximum Gasteiger partial charge on any atom is 0.339 e. The van der Waals surface area contributed by atoms with E-state index < -0.39 is 30.9 Å². The number of carbonyl (C=O) groups excluding carboxylic acids is 2. The zero-order valence-corrected chi connectivity index (χ0v) is 15.8. The third-order valence-corrected chi connectivity index (χ3v) is 6.88. The van der Waals surface area contributed by atoms with Gasteiger partial charge in [-0.1, -0.05) is 30.3 Å². The lowest BCUT2D eigenvalue weighted by Crippen LogP contribution is -2.37. The van der Waals surface area contributed by atoms with Gasteiger partial charge in [0, 0.05) is 5.56 Å². The Bertz CT molecular complexity index is 896. The first-order valence-corrected chi connectivity index (χ1v) is 10.2. The van der Waals surface area contributed by atoms with E-state index >= 15 is 0 Å². The summed E-state index contributed by atoms with van der Waals surface area (Å²) in [4.78, 5) is 24.8. The molecule has 0 fully saturated rings. The summed E-state index contributed by atoms with van der Waals surface area (Å²) < 4.78 is 30.1. The molecule has 2 unspecified atom stereocenters. The fourth-order valence-electron chi connectivity index (χ4n) is 3.42. The average molecular weight is 376 g/mol. The van der Waals surface area contributed by atoms with Gasteiger partial charge in [0.2, 0.25) is 0 Å². The van der Waals surface area contributed by atoms with E-state index in [1.54, 1.807) is 19.9 Å². The molecule has 0 aromatic heterocycles. The second-order valence-corrected chi connectivity index (χ2v) is 8.18. The van der Waals surface area contributed by atoms with Crippen LogP contribution < -0.4 is 4.74 Å². The number of rotatable bonds is 6. The molecule has 2 aromatic carbocycles. The molecular weight excluding hydrogens is 355 g/mol. The Kier molecular flexibility index (Phi) is 5.28. The number of hydrogen-bond donors (Lipinski definition) is 0. The van der Waals surface area contributed by atoms with Crippen molar-refractivity contribution in [2.24, 2.45) is 5.92 Å². The second-order valence-electron chi connectivity index (χ2n) is 6.03. The highest BCUT2D eigenvalue weighted by molar-refractivity contribution is 7.54. The number of esters is 1. The highest BCUT2D eigenvalue weighted by Gasteiger charge is 2.52. The molecule has 3 rings (SSSR count). The van der Waals surface area contributed by atoms with E-state index in [4.69, 9.17) is 13.8 Å². The maximum atomic E-state index is 13.6. The van der Waals surface area contributed by atoms with Crippen LogP contribution in [-0.4, -0.2) is 25.0 Å². The zero-order chi connectivity index (χ0) is 18.9. The molecule has 0 amide bonds. The van der Waals surface area contributed by atoms with Gasteiger partial charge in [-0.3, -0.25) is 14.2 Å². The number of ether oxygens (including phenoxy) is 1. The summed E-state index contributed by atoms with van der Waals surface area (Å²) in [6, 6.07) is 10.9. The quantitative estimate of drug-likeness (QED) is 0.324. The minimum atomic E-state index is -3.80. The Hall–Kier alpha value is -2.01. The van der Waals surface area contributed by atoms with Gasteiger partial charge in [0.15, 0.2) is 0 Å². The van der Waals surface area contributed by atoms with E-state index in [9.17, 15) is 14.2 Å². The largest absolute Gasteiger partial charge is 0.426 e. The smallest absolute Gasteiger partial charge is 0.339 e. The van der Waals surface area contributed by atoms with Crippen molar-refractivity contribution in [3.05, 3.63) is 42.0 Å². The molecule has 6 nitrogen and oxygen atoms in total. The summed E-state index contributed by atoms with van der Waals surface area (Å²) in [5.41, 5.74) is -0.518. The van der Waals surface area contributed by atoms with E-state index in [1.807, 2.05) is 30.3 Å². The fraction of sp³-hybridized carbons (Fsp3) is 0.368. The predicted molar refractivity (Wildman–Crippen MR) is 97.4 cm³/mol. The number of benzene rings is 2. The molecular formula is C19H21O6P. The zero-order valence-electron chi connectivity index (χ0n) is 14.9. The van der Waals surface area contributed by atoms with Crippen molar-refractivity contribution in [1.29, 1.82) is 0 Å². The topological polar surface area (TPSA) is 78.9 Å². The van der Waals surface area contributed by atoms with Crippen LogP contribution in [0.15, 0.2) is 36.4 Å². The Morgan fingerprint density at radius 1 is 1.12 bits per heavy atom. The van der Waals surface area contributed by atoms with Crippen molar-refractivity contribution < 1.29 is 27.9 Å². The lowest BCUT2D eigenvalue weighted by molar-refractivity contribution is -0.145. The monoisotopic (exact) mass is 376 g/mol. The Balaban J connectivity index is 2.34. The molecule has 7 heteroatoms. The molecule has 0 bridgehead atoms. The molecule has 138 valence electrons. The molecule has 1 aliphatic rings. The van der Waals surface area contributed by atoms with Crippen molar-refractivity contribution in [3.63, 3.8) is 0 Å². The summed E-state index contributed by atoms with van der Waals surface area (Å²) in [5, 5.41) is 1.64. The van der Waals surface area contributed by atoms with E-state index in [2.05, 4.69) is 0 Å². The summed E-state index contributed by atoms with van der Waals surface area (Å²) in [7, 11) is -3.80. The summed E-state index contributed by atoms with van der Waals surface area (Å²) in [5.74, 6) is -2.11. The molecule has 0 saturated carbocycles. The number of carbonyl (C=O) groups is 2. The van der Waals surface area contributed by atoms with Crippen molar-refractivity contribution in [2.75, 3.05) is 13.2 Å². The normalized spacial score (nSPS) is 19.9. The van der Waals surface area contributed by atoms with Gasteiger partial charge in [-0.15, -0.1) is 0 Å². The van der Waals surface area contributed by atoms with Gasteiger partial charge in [0.05, 0.1) is 13.2 Å². The Morgan fingerprint density at radius 2 is 1.77 bits per heavy atom. The van der Waals surface area contributed by atoms with Crippen molar-refractivity contribution in [1.82, 2.24) is 0 Å². The lowest BCUT2D eigenvalue weighted by atomic mass is 9.89. The van der Waals surface area contributed by atoms with Crippen LogP contribution in [-0.2, 0) is 23.2 Å². The summed E-state index contributed by atoms with van der Waals surface area (Å²) in [6.45, 7) is 4.94. The fourth-order valence-corrected chi connectivity index (χ4v) is 5.82. The molecule has 2 atom stereocenters. The lowest BCUT2D eigenvalue weighted by Gasteiger charge is -2.35. The van der Waals surface area contributed by atoms with Gasteiger partial charge < -0.3 is 13.8 Å². The van der Waals surface area contributed by atoms with Crippen LogP contribution in [0.5, 0.6) is 5.75 Å². The molecule has 0 N–H and O–H groups in total. The Labute approximate surface area is 152 Å². The number of hydrogen-bond acceptors (Lipinski definition) is 6. The molecule has 0 radical (unpaired) electrons. The molecule has 1 aliphatic heterocycles. The molecule has 1 heterocycles. The first-order valence-electron chi connectivity index (χ1n) is 8.55. The average Bonchev–Trinajstić information content (AvgIpc) is 2.60.